The molecule has 0 fully saturated rings. The first-order valence-electron chi connectivity index (χ1n) is 5.06. The number of hydrogen-bond acceptors (Lipinski definition) is 3. The van der Waals surface area contributed by atoms with Crippen LogP contribution in [-0.2, 0) is 9.59 Å². The van der Waals surface area contributed by atoms with Crippen LogP contribution in [0.2, 0.25) is 5.02 Å². The minimum Gasteiger partial charge on any atom is -0.370 e. The van der Waals surface area contributed by atoms with Gasteiger partial charge < -0.3 is 10.6 Å². The molecule has 7 heteroatoms. The summed E-state index contributed by atoms with van der Waals surface area (Å²) in [5, 5.41) is 0.00586. The van der Waals surface area contributed by atoms with E-state index >= 15 is 0 Å². The van der Waals surface area contributed by atoms with Gasteiger partial charge in [-0.25, -0.2) is 4.39 Å². The number of hydrogen-bond donors (Lipinski definition) is 1. The third kappa shape index (κ3) is 1.84. The lowest BCUT2D eigenvalue weighted by molar-refractivity contribution is -0.118. The van der Waals surface area contributed by atoms with Crippen molar-refractivity contribution in [3.8, 4) is 0 Å². The number of Topliss-reactive ketones (excluding diaryl/α,β-unsaturated/α-hetero) is 1. The summed E-state index contributed by atoms with van der Waals surface area (Å²) in [5.41, 5.74) is 4.61. The van der Waals surface area contributed by atoms with Crippen LogP contribution in [0.4, 0.5) is 10.1 Å². The predicted octanol–water partition coefficient (Wildman–Crippen LogP) is 0.884. The first kappa shape index (κ1) is 12.5. The summed E-state index contributed by atoms with van der Waals surface area (Å²) in [7, 11) is 0. The molecule has 18 heavy (non-hydrogen) atoms. The van der Waals surface area contributed by atoms with Gasteiger partial charge in [0.05, 0.1) is 16.3 Å². The zero-order chi connectivity index (χ0) is 13.4. The maximum absolute atomic E-state index is 13.7. The van der Waals surface area contributed by atoms with E-state index in [0.717, 1.165) is 11.0 Å². The largest absolute Gasteiger partial charge is 0.370 e. The topological polar surface area (TPSA) is 80.5 Å². The Balaban J connectivity index is 2.48. The highest BCUT2D eigenvalue weighted by atomic mass is 35.5. The fraction of sp³-hybridized carbons (Fsp3) is 0.182. The Bertz CT molecular complexity index is 574. The average Bonchev–Trinajstić information content (AvgIpc) is 2.56. The zero-order valence-corrected chi connectivity index (χ0v) is 9.83. The van der Waals surface area contributed by atoms with Crippen molar-refractivity contribution in [3.05, 3.63) is 28.5 Å². The lowest BCUT2D eigenvalue weighted by Gasteiger charge is -2.15. The fourth-order valence-corrected chi connectivity index (χ4v) is 2.03. The normalized spacial score (nSPS) is 14.0. The number of anilines is 1. The lowest BCUT2D eigenvalue weighted by atomic mass is 10.1. The van der Waals surface area contributed by atoms with E-state index in [1.165, 1.54) is 6.07 Å². The van der Waals surface area contributed by atoms with Crippen molar-refractivity contribution in [3.63, 3.8) is 0 Å². The average molecular weight is 271 g/mol. The molecule has 0 bridgehead atoms. The Morgan fingerprint density at radius 2 is 2.06 bits per heavy atom. The molecule has 0 atom stereocenters. The van der Waals surface area contributed by atoms with Crippen LogP contribution in [0.15, 0.2) is 12.1 Å². The van der Waals surface area contributed by atoms with Gasteiger partial charge in [0, 0.05) is 13.0 Å². The monoisotopic (exact) mass is 270 g/mol. The molecule has 1 heterocycles. The number of nitrogens with zero attached hydrogens (tertiary/aromatic N) is 1. The van der Waals surface area contributed by atoms with E-state index in [1.54, 1.807) is 0 Å². The third-order valence-electron chi connectivity index (χ3n) is 2.60. The smallest absolute Gasteiger partial charge is 0.299 e. The number of nitrogens with two attached hydrogens (primary N) is 1. The van der Waals surface area contributed by atoms with Crippen LogP contribution in [0.5, 0.6) is 0 Å². The molecule has 1 aromatic carbocycles. The van der Waals surface area contributed by atoms with Gasteiger partial charge in [-0.2, -0.15) is 0 Å². The Hall–Kier alpha value is -1.95. The zero-order valence-electron chi connectivity index (χ0n) is 9.07. The molecule has 2 N–H and O–H groups in total. The Morgan fingerprint density at radius 1 is 1.39 bits per heavy atom. The van der Waals surface area contributed by atoms with Gasteiger partial charge in [-0.05, 0) is 12.1 Å². The van der Waals surface area contributed by atoms with Crippen LogP contribution in [0.1, 0.15) is 16.8 Å². The lowest BCUT2D eigenvalue weighted by Crippen LogP contribution is -2.33. The van der Waals surface area contributed by atoms with Gasteiger partial charge in [-0.3, -0.25) is 14.4 Å². The van der Waals surface area contributed by atoms with Crippen molar-refractivity contribution >= 4 is 34.9 Å². The minimum atomic E-state index is -0.904. The molecule has 0 aromatic heterocycles. The molecule has 1 aliphatic heterocycles. The molecule has 5 nitrogen and oxygen atoms in total. The van der Waals surface area contributed by atoms with E-state index in [2.05, 4.69) is 0 Å². The highest BCUT2D eigenvalue weighted by Crippen LogP contribution is 2.36. The van der Waals surface area contributed by atoms with Crippen molar-refractivity contribution in [2.75, 3.05) is 11.4 Å². The van der Waals surface area contributed by atoms with Crippen molar-refractivity contribution in [1.29, 1.82) is 0 Å². The molecular formula is C11H8ClFN2O3. The first-order chi connectivity index (χ1) is 8.43. The number of amides is 2. The van der Waals surface area contributed by atoms with Gasteiger partial charge in [0.15, 0.2) is 0 Å². The second-order valence-corrected chi connectivity index (χ2v) is 4.16. The standard InChI is InChI=1S/C11H8ClFN2O3/c12-5-1-2-6(13)9-8(5)10(17)11(18)15(9)4-3-7(14)16/h1-2H,3-4H2,(H2,14,16). The Morgan fingerprint density at radius 3 is 2.67 bits per heavy atom. The van der Waals surface area contributed by atoms with E-state index in [4.69, 9.17) is 17.3 Å². The molecule has 0 spiro atoms. The second kappa shape index (κ2) is 4.38. The molecule has 2 amide bonds. The summed E-state index contributed by atoms with van der Waals surface area (Å²) in [6.45, 7) is -0.149. The summed E-state index contributed by atoms with van der Waals surface area (Å²) >= 11 is 5.77. The summed E-state index contributed by atoms with van der Waals surface area (Å²) in [4.78, 5) is 34.9. The summed E-state index contributed by atoms with van der Waals surface area (Å²) < 4.78 is 13.7. The third-order valence-corrected chi connectivity index (χ3v) is 2.91. The van der Waals surface area contributed by atoms with Crippen LogP contribution in [0.25, 0.3) is 0 Å². The van der Waals surface area contributed by atoms with E-state index in [0.29, 0.717) is 0 Å². The van der Waals surface area contributed by atoms with Crippen molar-refractivity contribution in [1.82, 2.24) is 0 Å². The maximum atomic E-state index is 13.7. The summed E-state index contributed by atoms with van der Waals surface area (Å²) in [6.07, 6.45) is -0.162. The molecule has 0 saturated heterocycles. The molecule has 0 saturated carbocycles. The summed E-state index contributed by atoms with van der Waals surface area (Å²) in [6, 6.07) is 2.27. The number of rotatable bonds is 3. The van der Waals surface area contributed by atoms with E-state index in [-0.39, 0.29) is 29.2 Å². The van der Waals surface area contributed by atoms with Crippen molar-refractivity contribution < 1.29 is 18.8 Å². The molecule has 0 radical (unpaired) electrons. The Labute approximate surface area is 106 Å². The highest BCUT2D eigenvalue weighted by molar-refractivity contribution is 6.55. The first-order valence-corrected chi connectivity index (χ1v) is 5.43. The second-order valence-electron chi connectivity index (χ2n) is 3.76. The van der Waals surface area contributed by atoms with Gasteiger partial charge in [-0.15, -0.1) is 0 Å². The van der Waals surface area contributed by atoms with E-state index in [1.807, 2.05) is 0 Å². The number of primary amides is 1. The Kier molecular flexibility index (Phi) is 3.04. The molecule has 1 aromatic rings. The van der Waals surface area contributed by atoms with Crippen LogP contribution < -0.4 is 10.6 Å². The molecule has 1 aliphatic rings. The van der Waals surface area contributed by atoms with Crippen molar-refractivity contribution in [2.24, 2.45) is 5.73 Å². The number of halogens is 2. The van der Waals surface area contributed by atoms with E-state index in [9.17, 15) is 18.8 Å². The number of carbonyl (C=O) groups is 3. The van der Waals surface area contributed by atoms with Gasteiger partial charge in [0.1, 0.15) is 5.82 Å². The van der Waals surface area contributed by atoms with Gasteiger partial charge in [-0.1, -0.05) is 11.6 Å². The quantitative estimate of drug-likeness (QED) is 0.828. The van der Waals surface area contributed by atoms with E-state index < -0.39 is 23.4 Å². The summed E-state index contributed by atoms with van der Waals surface area (Å²) in [5.74, 6) is -3.17. The molecule has 94 valence electrons. The maximum Gasteiger partial charge on any atom is 0.299 e. The van der Waals surface area contributed by atoms with Gasteiger partial charge in [0.2, 0.25) is 5.91 Å². The molecule has 0 aliphatic carbocycles. The van der Waals surface area contributed by atoms with Gasteiger partial charge >= 0.3 is 0 Å². The van der Waals surface area contributed by atoms with Crippen molar-refractivity contribution in [2.45, 2.75) is 6.42 Å². The van der Waals surface area contributed by atoms with Crippen LogP contribution >= 0.6 is 11.6 Å². The molecule has 2 rings (SSSR count). The number of carbonyl (C=O) groups excluding carboxylic acids is 3. The van der Waals surface area contributed by atoms with Crippen LogP contribution in [-0.4, -0.2) is 24.1 Å². The number of benzene rings is 1. The number of ketones is 1. The van der Waals surface area contributed by atoms with Crippen LogP contribution in [0.3, 0.4) is 0 Å². The van der Waals surface area contributed by atoms with Gasteiger partial charge in [0.25, 0.3) is 11.7 Å². The number of fused-ring (bicyclic) bond motifs is 1. The fourth-order valence-electron chi connectivity index (χ4n) is 1.79. The predicted molar refractivity (Wildman–Crippen MR) is 61.9 cm³/mol. The SMILES string of the molecule is NC(=O)CCN1C(=O)C(=O)c2c(Cl)ccc(F)c21. The molecular weight excluding hydrogens is 263 g/mol. The van der Waals surface area contributed by atoms with Crippen LogP contribution in [0, 0.1) is 5.82 Å². The minimum absolute atomic E-state index is 0.00586. The molecule has 0 unspecified atom stereocenters. The highest BCUT2D eigenvalue weighted by Gasteiger charge is 2.39.